The first-order valence-electron chi connectivity index (χ1n) is 14.1. The van der Waals surface area contributed by atoms with Gasteiger partial charge in [0.25, 0.3) is 0 Å². The topological polar surface area (TPSA) is 275 Å². The lowest BCUT2D eigenvalue weighted by Crippen LogP contribution is -2.69. The third-order valence-electron chi connectivity index (χ3n) is 8.64. The second-order valence-electron chi connectivity index (χ2n) is 11.5. The van der Waals surface area contributed by atoms with Crippen LogP contribution in [0.1, 0.15) is 27.2 Å². The van der Waals surface area contributed by atoms with Gasteiger partial charge in [0.1, 0.15) is 66.3 Å². The van der Waals surface area contributed by atoms with E-state index in [0.717, 1.165) is 0 Å². The SMILES string of the molecule is CCC(C)(OC1C(O)C=C(C(C)(CN)OC2C(CO)OC(O)C(N)C2O)OC1CO)C1OC(CO)C(OC)C(O)C1N. The van der Waals surface area contributed by atoms with Gasteiger partial charge in [0.2, 0.25) is 0 Å². The minimum absolute atomic E-state index is 0.0162. The van der Waals surface area contributed by atoms with Crippen molar-refractivity contribution in [1.82, 2.24) is 0 Å². The molecule has 3 aliphatic rings. The van der Waals surface area contributed by atoms with Crippen molar-refractivity contribution in [3.8, 4) is 0 Å². The number of ether oxygens (including phenoxy) is 6. The predicted octanol–water partition coefficient (Wildman–Crippen LogP) is -4.86. The summed E-state index contributed by atoms with van der Waals surface area (Å²) in [4.78, 5) is 0. The zero-order chi connectivity index (χ0) is 31.6. The van der Waals surface area contributed by atoms with Gasteiger partial charge in [0.15, 0.2) is 12.4 Å². The van der Waals surface area contributed by atoms with Gasteiger partial charge in [-0.1, -0.05) is 6.92 Å². The van der Waals surface area contributed by atoms with Gasteiger partial charge in [-0.2, -0.15) is 0 Å². The Hall–Kier alpha value is -1.06. The normalized spacial score (nSPS) is 44.0. The van der Waals surface area contributed by atoms with E-state index < -0.39 is 110 Å². The maximum atomic E-state index is 11.2. The maximum Gasteiger partial charge on any atom is 0.173 e. The molecular weight excluding hydrogens is 562 g/mol. The summed E-state index contributed by atoms with van der Waals surface area (Å²) < 4.78 is 35.1. The molecule has 0 bridgehead atoms. The molecule has 3 rings (SSSR count). The fraction of sp³-hybridized carbons (Fsp3) is 0.923. The molecule has 16 nitrogen and oxygen atoms in total. The molecule has 0 aromatic rings. The summed E-state index contributed by atoms with van der Waals surface area (Å²) in [7, 11) is 1.37. The number of methoxy groups -OCH3 is 1. The van der Waals surface area contributed by atoms with E-state index in [1.54, 1.807) is 13.8 Å². The summed E-state index contributed by atoms with van der Waals surface area (Å²) in [5.74, 6) is 0.0162. The van der Waals surface area contributed by atoms with Crippen LogP contribution in [0.25, 0.3) is 0 Å². The van der Waals surface area contributed by atoms with Gasteiger partial charge in [-0.05, 0) is 26.3 Å². The Morgan fingerprint density at radius 2 is 1.40 bits per heavy atom. The largest absolute Gasteiger partial charge is 0.487 e. The number of aliphatic hydroxyl groups is 7. The fourth-order valence-electron chi connectivity index (χ4n) is 5.71. The van der Waals surface area contributed by atoms with Crippen LogP contribution in [0.15, 0.2) is 11.8 Å². The second kappa shape index (κ2) is 14.4. The Labute approximate surface area is 244 Å². The van der Waals surface area contributed by atoms with Crippen LogP contribution in [-0.2, 0) is 28.4 Å². The average Bonchev–Trinajstić information content (AvgIpc) is 2.98. The van der Waals surface area contributed by atoms with Crippen LogP contribution >= 0.6 is 0 Å². The van der Waals surface area contributed by atoms with Gasteiger partial charge >= 0.3 is 0 Å². The molecule has 2 saturated heterocycles. The Morgan fingerprint density at radius 1 is 0.833 bits per heavy atom. The number of hydrogen-bond donors (Lipinski definition) is 10. The summed E-state index contributed by atoms with van der Waals surface area (Å²) >= 11 is 0. The molecule has 15 atom stereocenters. The van der Waals surface area contributed by atoms with E-state index in [0.29, 0.717) is 6.42 Å². The highest BCUT2D eigenvalue weighted by Crippen LogP contribution is 2.38. The molecule has 0 aromatic heterocycles. The standard InChI is InChI=1S/C26H49N3O13/c1-5-25(2,23-16(28)18(34)21(37-4)13(8-31)39-23)41-20-11(33)6-15(38-12(20)7-30)26(3,10-27)42-22-14(9-32)40-24(36)17(29)19(22)35/h6,11-14,16-24,30-36H,5,7-10,27-29H2,1-4H3. The van der Waals surface area contributed by atoms with Gasteiger partial charge in [-0.3, -0.25) is 0 Å². The van der Waals surface area contributed by atoms with Gasteiger partial charge in [0, 0.05) is 13.7 Å². The summed E-state index contributed by atoms with van der Waals surface area (Å²) in [6.45, 7) is 3.10. The highest BCUT2D eigenvalue weighted by molar-refractivity contribution is 5.19. The first kappa shape index (κ1) is 35.4. The highest BCUT2D eigenvalue weighted by Gasteiger charge is 2.54. The van der Waals surface area contributed by atoms with Crippen LogP contribution in [0.2, 0.25) is 0 Å². The summed E-state index contributed by atoms with van der Waals surface area (Å²) in [5, 5.41) is 72.5. The van der Waals surface area contributed by atoms with E-state index >= 15 is 0 Å². The molecule has 0 aliphatic carbocycles. The van der Waals surface area contributed by atoms with Crippen molar-refractivity contribution in [3.05, 3.63) is 11.8 Å². The number of rotatable bonds is 12. The number of hydrogen-bond acceptors (Lipinski definition) is 16. The van der Waals surface area contributed by atoms with Crippen LogP contribution in [0, 0.1) is 0 Å². The molecule has 0 aromatic carbocycles. The Morgan fingerprint density at radius 3 is 1.93 bits per heavy atom. The van der Waals surface area contributed by atoms with Crippen LogP contribution in [0.4, 0.5) is 0 Å². The Kier molecular flexibility index (Phi) is 12.1. The quantitative estimate of drug-likeness (QED) is 0.0990. The zero-order valence-corrected chi connectivity index (χ0v) is 24.4. The molecule has 16 heteroatoms. The minimum Gasteiger partial charge on any atom is -0.487 e. The van der Waals surface area contributed by atoms with Crippen molar-refractivity contribution in [2.24, 2.45) is 17.2 Å². The van der Waals surface area contributed by atoms with Crippen molar-refractivity contribution in [1.29, 1.82) is 0 Å². The third kappa shape index (κ3) is 6.78. The van der Waals surface area contributed by atoms with Crippen molar-refractivity contribution < 1.29 is 64.2 Å². The lowest BCUT2D eigenvalue weighted by atomic mass is 9.82. The Bertz CT molecular complexity index is 900. The molecule has 3 heterocycles. The zero-order valence-electron chi connectivity index (χ0n) is 24.4. The fourth-order valence-corrected chi connectivity index (χ4v) is 5.71. The summed E-state index contributed by atoms with van der Waals surface area (Å²) in [6.07, 6.45) is -11.3. The molecule has 2 fully saturated rings. The van der Waals surface area contributed by atoms with Crippen LogP contribution < -0.4 is 17.2 Å². The van der Waals surface area contributed by atoms with E-state index in [2.05, 4.69) is 0 Å². The van der Waals surface area contributed by atoms with Crippen molar-refractivity contribution >= 4 is 0 Å². The first-order chi connectivity index (χ1) is 19.7. The van der Waals surface area contributed by atoms with E-state index in [-0.39, 0.29) is 12.3 Å². The van der Waals surface area contributed by atoms with E-state index in [1.165, 1.54) is 20.1 Å². The predicted molar refractivity (Wildman–Crippen MR) is 144 cm³/mol. The average molecular weight is 612 g/mol. The third-order valence-corrected chi connectivity index (χ3v) is 8.64. The van der Waals surface area contributed by atoms with Gasteiger partial charge < -0.3 is 81.4 Å². The molecule has 15 unspecified atom stereocenters. The number of aliphatic hydroxyl groups excluding tert-OH is 7. The Balaban J connectivity index is 1.86. The number of nitrogens with two attached hydrogens (primary N) is 3. The molecule has 3 aliphatic heterocycles. The van der Waals surface area contributed by atoms with Crippen molar-refractivity contribution in [2.45, 2.75) is 118 Å². The van der Waals surface area contributed by atoms with Gasteiger partial charge in [-0.15, -0.1) is 0 Å². The van der Waals surface area contributed by atoms with Crippen LogP contribution in [0.3, 0.4) is 0 Å². The monoisotopic (exact) mass is 611 g/mol. The molecular formula is C26H49N3O13. The molecule has 0 radical (unpaired) electrons. The first-order valence-corrected chi connectivity index (χ1v) is 14.1. The van der Waals surface area contributed by atoms with Crippen molar-refractivity contribution in [2.75, 3.05) is 33.5 Å². The van der Waals surface area contributed by atoms with E-state index in [1.807, 2.05) is 0 Å². The summed E-state index contributed by atoms with van der Waals surface area (Å²) in [6, 6.07) is -2.22. The molecule has 0 saturated carbocycles. The molecule has 0 amide bonds. The second-order valence-corrected chi connectivity index (χ2v) is 11.5. The minimum atomic E-state index is -1.53. The smallest absolute Gasteiger partial charge is 0.173 e. The molecule has 42 heavy (non-hydrogen) atoms. The summed E-state index contributed by atoms with van der Waals surface area (Å²) in [5.41, 5.74) is 15.5. The van der Waals surface area contributed by atoms with E-state index in [4.69, 9.17) is 45.6 Å². The van der Waals surface area contributed by atoms with Crippen LogP contribution in [-0.4, -0.2) is 160 Å². The highest BCUT2D eigenvalue weighted by atomic mass is 16.7. The van der Waals surface area contributed by atoms with Gasteiger partial charge in [-0.25, -0.2) is 0 Å². The maximum absolute atomic E-state index is 11.2. The van der Waals surface area contributed by atoms with Crippen molar-refractivity contribution in [3.63, 3.8) is 0 Å². The lowest BCUT2D eigenvalue weighted by Gasteiger charge is -2.51. The van der Waals surface area contributed by atoms with E-state index in [9.17, 15) is 35.7 Å². The van der Waals surface area contributed by atoms with Gasteiger partial charge in [0.05, 0.1) is 37.5 Å². The lowest BCUT2D eigenvalue weighted by molar-refractivity contribution is -0.283. The molecule has 13 N–H and O–H groups in total. The molecule has 246 valence electrons. The van der Waals surface area contributed by atoms with Crippen LogP contribution in [0.5, 0.6) is 0 Å². The molecule has 0 spiro atoms.